The van der Waals surface area contributed by atoms with E-state index >= 15 is 0 Å². The first-order valence-corrected chi connectivity index (χ1v) is 5.80. The van der Waals surface area contributed by atoms with E-state index < -0.39 is 0 Å². The smallest absolute Gasteiger partial charge is 0.0519 e. The molecule has 0 spiro atoms. The van der Waals surface area contributed by atoms with Crippen LogP contribution in [0.15, 0.2) is 0 Å². The van der Waals surface area contributed by atoms with Crippen LogP contribution >= 0.6 is 0 Å². The predicted octanol–water partition coefficient (Wildman–Crippen LogP) is 1.34. The Kier molecular flexibility index (Phi) is 6.41. The van der Waals surface area contributed by atoms with E-state index in [4.69, 9.17) is 0 Å². The summed E-state index contributed by atoms with van der Waals surface area (Å²) in [5.41, 5.74) is -0.390. The number of rotatable bonds is 7. The molecule has 0 aliphatic rings. The standard InChI is InChI=1S/C12H27NO2/c1-10(2)6-13(11(3)4)7-12(5,8-14)9-15/h10-11,14-15H,6-9H2,1-5H3. The minimum atomic E-state index is -0.390. The molecule has 0 aromatic carbocycles. The van der Waals surface area contributed by atoms with Crippen LogP contribution in [0.25, 0.3) is 0 Å². The molecular formula is C12H27NO2. The molecule has 0 atom stereocenters. The highest BCUT2D eigenvalue weighted by Crippen LogP contribution is 2.18. The van der Waals surface area contributed by atoms with Crippen molar-refractivity contribution in [3.8, 4) is 0 Å². The van der Waals surface area contributed by atoms with Gasteiger partial charge in [-0.1, -0.05) is 20.8 Å². The van der Waals surface area contributed by atoms with Crippen molar-refractivity contribution < 1.29 is 10.2 Å². The van der Waals surface area contributed by atoms with Crippen LogP contribution in [0, 0.1) is 11.3 Å². The van der Waals surface area contributed by atoms with E-state index in [2.05, 4.69) is 32.6 Å². The average Bonchev–Trinajstić information content (AvgIpc) is 2.16. The maximum absolute atomic E-state index is 9.26. The fraction of sp³-hybridized carbons (Fsp3) is 1.00. The second kappa shape index (κ2) is 6.46. The Morgan fingerprint density at radius 1 is 1.07 bits per heavy atom. The summed E-state index contributed by atoms with van der Waals surface area (Å²) in [5, 5.41) is 18.5. The zero-order chi connectivity index (χ0) is 12.1. The molecule has 15 heavy (non-hydrogen) atoms. The minimum absolute atomic E-state index is 0.0326. The molecular weight excluding hydrogens is 190 g/mol. The molecule has 3 heteroatoms. The highest BCUT2D eigenvalue weighted by Gasteiger charge is 2.27. The van der Waals surface area contributed by atoms with Crippen molar-refractivity contribution in [2.24, 2.45) is 11.3 Å². The van der Waals surface area contributed by atoms with Gasteiger partial charge in [-0.3, -0.25) is 4.90 Å². The summed E-state index contributed by atoms with van der Waals surface area (Å²) >= 11 is 0. The van der Waals surface area contributed by atoms with Gasteiger partial charge in [0, 0.05) is 24.5 Å². The quantitative estimate of drug-likeness (QED) is 0.676. The average molecular weight is 217 g/mol. The van der Waals surface area contributed by atoms with Crippen LogP contribution in [-0.4, -0.2) is 47.5 Å². The van der Waals surface area contributed by atoms with E-state index in [0.717, 1.165) is 13.1 Å². The van der Waals surface area contributed by atoms with Crippen LogP contribution in [0.4, 0.5) is 0 Å². The molecule has 0 aliphatic heterocycles. The summed E-state index contributed by atoms with van der Waals surface area (Å²) in [6.07, 6.45) is 0. The first-order chi connectivity index (χ1) is 6.84. The van der Waals surface area contributed by atoms with Crippen LogP contribution in [0.2, 0.25) is 0 Å². The SMILES string of the molecule is CC(C)CN(CC(C)(CO)CO)C(C)C. The summed E-state index contributed by atoms with van der Waals surface area (Å²) in [5.74, 6) is 0.606. The zero-order valence-electron chi connectivity index (χ0n) is 10.8. The molecule has 0 heterocycles. The van der Waals surface area contributed by atoms with Crippen LogP contribution in [0.5, 0.6) is 0 Å². The normalized spacial score (nSPS) is 13.2. The van der Waals surface area contributed by atoms with Gasteiger partial charge in [-0.2, -0.15) is 0 Å². The fourth-order valence-corrected chi connectivity index (χ4v) is 1.57. The Hall–Kier alpha value is -0.120. The number of aliphatic hydroxyl groups is 2. The Balaban J connectivity index is 4.38. The van der Waals surface area contributed by atoms with Crippen LogP contribution < -0.4 is 0 Å². The van der Waals surface area contributed by atoms with E-state index in [0.29, 0.717) is 12.0 Å². The molecule has 0 aromatic heterocycles. The molecule has 2 N–H and O–H groups in total. The minimum Gasteiger partial charge on any atom is -0.396 e. The lowest BCUT2D eigenvalue weighted by molar-refractivity contribution is 0.0224. The molecule has 0 amide bonds. The summed E-state index contributed by atoms with van der Waals surface area (Å²) in [4.78, 5) is 2.32. The highest BCUT2D eigenvalue weighted by molar-refractivity contribution is 4.79. The van der Waals surface area contributed by atoms with Gasteiger partial charge in [0.25, 0.3) is 0 Å². The van der Waals surface area contributed by atoms with E-state index in [-0.39, 0.29) is 18.6 Å². The maximum Gasteiger partial charge on any atom is 0.0519 e. The first-order valence-electron chi connectivity index (χ1n) is 5.80. The second-order valence-corrected chi connectivity index (χ2v) is 5.54. The van der Waals surface area contributed by atoms with Gasteiger partial charge in [-0.25, -0.2) is 0 Å². The van der Waals surface area contributed by atoms with Crippen LogP contribution in [0.3, 0.4) is 0 Å². The lowest BCUT2D eigenvalue weighted by atomic mass is 9.91. The van der Waals surface area contributed by atoms with E-state index in [1.165, 1.54) is 0 Å². The van der Waals surface area contributed by atoms with Crippen LogP contribution in [-0.2, 0) is 0 Å². The van der Waals surface area contributed by atoms with Gasteiger partial charge in [0.2, 0.25) is 0 Å². The van der Waals surface area contributed by atoms with Crippen LogP contribution in [0.1, 0.15) is 34.6 Å². The highest BCUT2D eigenvalue weighted by atomic mass is 16.3. The van der Waals surface area contributed by atoms with Crippen molar-refractivity contribution in [1.29, 1.82) is 0 Å². The second-order valence-electron chi connectivity index (χ2n) is 5.54. The largest absolute Gasteiger partial charge is 0.396 e. The monoisotopic (exact) mass is 217 g/mol. The van der Waals surface area contributed by atoms with Gasteiger partial charge in [0.15, 0.2) is 0 Å². The Labute approximate surface area is 94.1 Å². The third-order valence-electron chi connectivity index (χ3n) is 2.68. The van der Waals surface area contributed by atoms with Gasteiger partial charge in [-0.15, -0.1) is 0 Å². The Morgan fingerprint density at radius 3 is 1.80 bits per heavy atom. The van der Waals surface area contributed by atoms with Gasteiger partial charge >= 0.3 is 0 Å². The maximum atomic E-state index is 9.26. The summed E-state index contributed by atoms with van der Waals surface area (Å²) in [6.45, 7) is 12.4. The molecule has 0 bridgehead atoms. The number of hydrogen-bond donors (Lipinski definition) is 2. The number of hydrogen-bond acceptors (Lipinski definition) is 3. The molecule has 0 fully saturated rings. The zero-order valence-corrected chi connectivity index (χ0v) is 10.8. The van der Waals surface area contributed by atoms with Gasteiger partial charge in [0.05, 0.1) is 13.2 Å². The predicted molar refractivity (Wildman–Crippen MR) is 63.8 cm³/mol. The summed E-state index contributed by atoms with van der Waals surface area (Å²) in [6, 6.07) is 0.449. The first kappa shape index (κ1) is 14.9. The van der Waals surface area contributed by atoms with Crippen molar-refractivity contribution in [3.05, 3.63) is 0 Å². The van der Waals surface area contributed by atoms with Gasteiger partial charge in [0.1, 0.15) is 0 Å². The van der Waals surface area contributed by atoms with Crippen molar-refractivity contribution in [1.82, 2.24) is 4.90 Å². The third-order valence-corrected chi connectivity index (χ3v) is 2.68. The molecule has 0 aromatic rings. The third kappa shape index (κ3) is 5.50. The molecule has 0 unspecified atom stereocenters. The Bertz CT molecular complexity index is 165. The van der Waals surface area contributed by atoms with E-state index in [9.17, 15) is 10.2 Å². The topological polar surface area (TPSA) is 43.7 Å². The Morgan fingerprint density at radius 2 is 1.53 bits per heavy atom. The molecule has 0 rings (SSSR count). The summed E-state index contributed by atoms with van der Waals surface area (Å²) < 4.78 is 0. The lowest BCUT2D eigenvalue weighted by Crippen LogP contribution is -2.45. The van der Waals surface area contributed by atoms with Crippen molar-refractivity contribution in [3.63, 3.8) is 0 Å². The number of nitrogens with zero attached hydrogens (tertiary/aromatic N) is 1. The number of aliphatic hydroxyl groups excluding tert-OH is 2. The van der Waals surface area contributed by atoms with Gasteiger partial charge < -0.3 is 10.2 Å². The lowest BCUT2D eigenvalue weighted by Gasteiger charge is -2.36. The molecule has 0 aliphatic carbocycles. The molecule has 0 radical (unpaired) electrons. The molecule has 3 nitrogen and oxygen atoms in total. The van der Waals surface area contributed by atoms with E-state index in [1.807, 2.05) is 6.92 Å². The van der Waals surface area contributed by atoms with Crippen molar-refractivity contribution in [2.75, 3.05) is 26.3 Å². The fourth-order valence-electron chi connectivity index (χ4n) is 1.57. The molecule has 0 saturated carbocycles. The van der Waals surface area contributed by atoms with E-state index in [1.54, 1.807) is 0 Å². The van der Waals surface area contributed by atoms with Crippen molar-refractivity contribution >= 4 is 0 Å². The molecule has 0 saturated heterocycles. The van der Waals surface area contributed by atoms with Gasteiger partial charge in [-0.05, 0) is 19.8 Å². The van der Waals surface area contributed by atoms with Crippen molar-refractivity contribution in [2.45, 2.75) is 40.7 Å². The summed E-state index contributed by atoms with van der Waals surface area (Å²) in [7, 11) is 0. The molecule has 92 valence electrons.